The van der Waals surface area contributed by atoms with E-state index >= 15 is 0 Å². The maximum absolute atomic E-state index is 11.2. The fourth-order valence-corrected chi connectivity index (χ4v) is 2.37. The minimum atomic E-state index is -0.832. The largest absolute Gasteiger partial charge is 0.496 e. The molecule has 0 aliphatic rings. The molecule has 0 aromatic heterocycles. The summed E-state index contributed by atoms with van der Waals surface area (Å²) in [6, 6.07) is 11.3. The zero-order valence-corrected chi connectivity index (χ0v) is 14.8. The predicted molar refractivity (Wildman–Crippen MR) is 97.9 cm³/mol. The molecule has 2 rings (SSSR count). The van der Waals surface area contributed by atoms with Crippen LogP contribution in [0.25, 0.3) is 6.08 Å². The molecule has 2 N–H and O–H groups in total. The average molecular weight is 367 g/mol. The molecule has 2 aromatic rings. The van der Waals surface area contributed by atoms with Gasteiger partial charge in [0, 0.05) is 11.6 Å². The summed E-state index contributed by atoms with van der Waals surface area (Å²) in [5.74, 6) is -0.204. The van der Waals surface area contributed by atoms with Gasteiger partial charge in [0.05, 0.1) is 12.0 Å². The van der Waals surface area contributed by atoms with E-state index in [4.69, 9.17) is 20.5 Å². The van der Waals surface area contributed by atoms with Gasteiger partial charge in [-0.3, -0.25) is 14.9 Å². The lowest BCUT2D eigenvalue weighted by atomic mass is 10.1. The van der Waals surface area contributed by atoms with Crippen LogP contribution in [0.4, 0.5) is 5.69 Å². The number of benzene rings is 2. The summed E-state index contributed by atoms with van der Waals surface area (Å²) in [6.07, 6.45) is 1.35. The van der Waals surface area contributed by atoms with Crippen molar-refractivity contribution < 1.29 is 19.2 Å². The molecule has 0 heterocycles. The van der Waals surface area contributed by atoms with Gasteiger partial charge in [-0.15, -0.1) is 0 Å². The Labute approximate surface area is 155 Å². The first kappa shape index (κ1) is 19.5. The molecular formula is C19H17N3O5. The lowest BCUT2D eigenvalue weighted by Gasteiger charge is -2.12. The fourth-order valence-electron chi connectivity index (χ4n) is 2.37. The summed E-state index contributed by atoms with van der Waals surface area (Å²) < 4.78 is 10.9. The van der Waals surface area contributed by atoms with Crippen LogP contribution in [0.3, 0.4) is 0 Å². The molecule has 0 unspecified atom stereocenters. The van der Waals surface area contributed by atoms with Crippen molar-refractivity contribution in [1.29, 1.82) is 5.26 Å². The molecule has 0 fully saturated rings. The third-order valence-electron chi connectivity index (χ3n) is 3.70. The van der Waals surface area contributed by atoms with Gasteiger partial charge in [-0.1, -0.05) is 12.1 Å². The third kappa shape index (κ3) is 4.83. The van der Waals surface area contributed by atoms with E-state index in [0.717, 1.165) is 5.56 Å². The molecule has 2 aromatic carbocycles. The Morgan fingerprint density at radius 3 is 2.59 bits per heavy atom. The van der Waals surface area contributed by atoms with Crippen molar-refractivity contribution in [3.63, 3.8) is 0 Å². The van der Waals surface area contributed by atoms with Crippen LogP contribution in [0.2, 0.25) is 0 Å². The van der Waals surface area contributed by atoms with Crippen LogP contribution in [-0.2, 0) is 11.4 Å². The van der Waals surface area contributed by atoms with Gasteiger partial charge in [-0.2, -0.15) is 5.26 Å². The molecule has 0 aliphatic carbocycles. The van der Waals surface area contributed by atoms with Gasteiger partial charge in [0.1, 0.15) is 24.0 Å². The second-order valence-electron chi connectivity index (χ2n) is 5.62. The van der Waals surface area contributed by atoms with Crippen LogP contribution in [0, 0.1) is 28.4 Å². The van der Waals surface area contributed by atoms with Crippen molar-refractivity contribution >= 4 is 17.7 Å². The van der Waals surface area contributed by atoms with Crippen molar-refractivity contribution in [2.24, 2.45) is 5.73 Å². The Morgan fingerprint density at radius 2 is 2.00 bits per heavy atom. The Bertz CT molecular complexity index is 960. The zero-order valence-electron chi connectivity index (χ0n) is 14.8. The van der Waals surface area contributed by atoms with E-state index in [-0.39, 0.29) is 23.6 Å². The summed E-state index contributed by atoms with van der Waals surface area (Å²) in [4.78, 5) is 21.9. The number of aryl methyl sites for hydroxylation is 1. The molecule has 0 aliphatic heterocycles. The molecule has 0 saturated heterocycles. The van der Waals surface area contributed by atoms with E-state index in [1.807, 2.05) is 0 Å². The molecule has 27 heavy (non-hydrogen) atoms. The highest BCUT2D eigenvalue weighted by atomic mass is 16.6. The standard InChI is InChI=1S/C19H17N3O5/c1-12-3-5-18(16(7-12)22(24)25)27-11-15-9-13(4-6-17(15)26-2)8-14(10-20)19(21)23/h3-9H,11H2,1-2H3,(H2,21,23)/b14-8+. The van der Waals surface area contributed by atoms with Crippen LogP contribution in [-0.4, -0.2) is 17.9 Å². The highest BCUT2D eigenvalue weighted by Crippen LogP contribution is 2.30. The quantitative estimate of drug-likeness (QED) is 0.347. The van der Waals surface area contributed by atoms with Crippen LogP contribution in [0.5, 0.6) is 11.5 Å². The summed E-state index contributed by atoms with van der Waals surface area (Å²) in [5.41, 5.74) is 6.69. The number of hydrogen-bond donors (Lipinski definition) is 1. The van der Waals surface area contributed by atoms with Crippen molar-refractivity contribution in [3.05, 3.63) is 68.8 Å². The number of nitro benzene ring substituents is 1. The Kier molecular flexibility index (Phi) is 6.12. The second kappa shape index (κ2) is 8.49. The molecule has 138 valence electrons. The molecule has 0 atom stereocenters. The maximum atomic E-state index is 11.2. The summed E-state index contributed by atoms with van der Waals surface area (Å²) in [7, 11) is 1.48. The number of carbonyl (C=O) groups is 1. The highest BCUT2D eigenvalue weighted by molar-refractivity contribution is 6.00. The molecule has 0 bridgehead atoms. The number of nitrogens with two attached hydrogens (primary N) is 1. The fraction of sp³-hybridized carbons (Fsp3) is 0.158. The van der Waals surface area contributed by atoms with Crippen LogP contribution in [0.1, 0.15) is 16.7 Å². The number of nitrogens with zero attached hydrogens (tertiary/aromatic N) is 2. The van der Waals surface area contributed by atoms with Gasteiger partial charge in [0.25, 0.3) is 5.91 Å². The Hall–Kier alpha value is -3.86. The number of hydrogen-bond acceptors (Lipinski definition) is 6. The smallest absolute Gasteiger partial charge is 0.311 e. The van der Waals surface area contributed by atoms with E-state index in [1.165, 1.54) is 25.3 Å². The molecule has 1 amide bonds. The molecule has 8 nitrogen and oxygen atoms in total. The summed E-state index contributed by atoms with van der Waals surface area (Å²) >= 11 is 0. The van der Waals surface area contributed by atoms with Crippen molar-refractivity contribution in [2.75, 3.05) is 7.11 Å². The van der Waals surface area contributed by atoms with Crippen LogP contribution < -0.4 is 15.2 Å². The number of primary amides is 1. The lowest BCUT2D eigenvalue weighted by Crippen LogP contribution is -2.12. The zero-order chi connectivity index (χ0) is 20.0. The van der Waals surface area contributed by atoms with Gasteiger partial charge in [0.2, 0.25) is 0 Å². The van der Waals surface area contributed by atoms with E-state index in [2.05, 4.69) is 0 Å². The SMILES string of the molecule is COc1ccc(/C=C(\C#N)C(N)=O)cc1COc1ccc(C)cc1[N+](=O)[O-]. The maximum Gasteiger partial charge on any atom is 0.311 e. The van der Waals surface area contributed by atoms with E-state index in [9.17, 15) is 14.9 Å². The first-order valence-corrected chi connectivity index (χ1v) is 7.82. The van der Waals surface area contributed by atoms with Gasteiger partial charge >= 0.3 is 5.69 Å². The average Bonchev–Trinajstić information content (AvgIpc) is 2.64. The predicted octanol–water partition coefficient (Wildman–Crippen LogP) is 2.88. The molecular weight excluding hydrogens is 350 g/mol. The number of carbonyl (C=O) groups excluding carboxylic acids is 1. The van der Waals surface area contributed by atoms with Gasteiger partial charge in [0.15, 0.2) is 5.75 Å². The molecule has 8 heteroatoms. The lowest BCUT2D eigenvalue weighted by molar-refractivity contribution is -0.386. The Morgan fingerprint density at radius 1 is 1.30 bits per heavy atom. The van der Waals surface area contributed by atoms with E-state index in [0.29, 0.717) is 16.9 Å². The number of ether oxygens (including phenoxy) is 2. The molecule has 0 radical (unpaired) electrons. The number of methoxy groups -OCH3 is 1. The minimum absolute atomic E-state index is 0.00673. The number of nitriles is 1. The van der Waals surface area contributed by atoms with Gasteiger partial charge in [-0.25, -0.2) is 0 Å². The second-order valence-corrected chi connectivity index (χ2v) is 5.62. The monoisotopic (exact) mass is 367 g/mol. The first-order chi connectivity index (χ1) is 12.8. The summed E-state index contributed by atoms with van der Waals surface area (Å²) in [5, 5.41) is 20.2. The topological polar surface area (TPSA) is 128 Å². The normalized spacial score (nSPS) is 10.8. The summed E-state index contributed by atoms with van der Waals surface area (Å²) in [6.45, 7) is 1.74. The van der Waals surface area contributed by atoms with Crippen molar-refractivity contribution in [3.8, 4) is 17.6 Å². The van der Waals surface area contributed by atoms with E-state index < -0.39 is 10.8 Å². The van der Waals surface area contributed by atoms with Crippen molar-refractivity contribution in [2.45, 2.75) is 13.5 Å². The third-order valence-corrected chi connectivity index (χ3v) is 3.70. The number of amides is 1. The molecule has 0 spiro atoms. The number of nitro groups is 1. The van der Waals surface area contributed by atoms with Gasteiger partial charge < -0.3 is 15.2 Å². The van der Waals surface area contributed by atoms with Crippen LogP contribution >= 0.6 is 0 Å². The highest BCUT2D eigenvalue weighted by Gasteiger charge is 2.16. The van der Waals surface area contributed by atoms with Crippen LogP contribution in [0.15, 0.2) is 42.0 Å². The minimum Gasteiger partial charge on any atom is -0.496 e. The van der Waals surface area contributed by atoms with E-state index in [1.54, 1.807) is 37.3 Å². The van der Waals surface area contributed by atoms with Crippen molar-refractivity contribution in [1.82, 2.24) is 0 Å². The first-order valence-electron chi connectivity index (χ1n) is 7.82. The number of rotatable bonds is 7. The molecule has 0 saturated carbocycles. The Balaban J connectivity index is 2.34. The van der Waals surface area contributed by atoms with Gasteiger partial charge in [-0.05, 0) is 42.3 Å².